The standard InChI is InChI=1S/C46H62N4O4/c1-33(27-47-49-41(51)29-53-39-21-17-37(18-22-39)45(9,10)31-43(3,4)5)25-35-13-15-36(16-14-35)26-34(2)28-48-50-42(52)30-54-40-23-19-38(20-24-40)46(11,12)32-44(6,7)8/h13-28H,29-32H2,1-12H3,(H,49,51)(H,50,52)/b33-25-,34-26+,47-27-,48-28+. The molecule has 0 saturated carbocycles. The third-order valence-electron chi connectivity index (χ3n) is 8.60. The predicted octanol–water partition coefficient (Wildman–Crippen LogP) is 10.3. The fourth-order valence-corrected chi connectivity index (χ4v) is 6.92. The van der Waals surface area contributed by atoms with Crippen LogP contribution >= 0.6 is 0 Å². The summed E-state index contributed by atoms with van der Waals surface area (Å²) in [5, 5.41) is 8.14. The van der Waals surface area contributed by atoms with Crippen LogP contribution in [0.4, 0.5) is 0 Å². The van der Waals surface area contributed by atoms with E-state index in [1.807, 2.05) is 74.5 Å². The van der Waals surface area contributed by atoms with Crippen LogP contribution in [0.5, 0.6) is 11.5 Å². The van der Waals surface area contributed by atoms with Gasteiger partial charge in [0.2, 0.25) is 0 Å². The number of amides is 2. The molecule has 2 N–H and O–H groups in total. The van der Waals surface area contributed by atoms with Crippen LogP contribution in [0.2, 0.25) is 0 Å². The smallest absolute Gasteiger partial charge is 0.277 e. The number of ether oxygens (including phenoxy) is 2. The predicted molar refractivity (Wildman–Crippen MR) is 225 cm³/mol. The van der Waals surface area contributed by atoms with Gasteiger partial charge in [-0.05, 0) is 106 Å². The molecule has 0 bridgehead atoms. The fourth-order valence-electron chi connectivity index (χ4n) is 6.92. The third kappa shape index (κ3) is 15.9. The summed E-state index contributed by atoms with van der Waals surface area (Å²) in [4.78, 5) is 24.6. The minimum atomic E-state index is -0.337. The Labute approximate surface area is 324 Å². The molecule has 0 saturated heterocycles. The number of rotatable bonds is 16. The summed E-state index contributed by atoms with van der Waals surface area (Å²) in [7, 11) is 0. The van der Waals surface area contributed by atoms with Gasteiger partial charge in [0.05, 0.1) is 12.4 Å². The summed E-state index contributed by atoms with van der Waals surface area (Å²) in [6, 6.07) is 23.9. The van der Waals surface area contributed by atoms with Gasteiger partial charge in [-0.25, -0.2) is 10.9 Å². The first-order chi connectivity index (χ1) is 25.1. The molecule has 0 unspecified atom stereocenters. The van der Waals surface area contributed by atoms with Crippen LogP contribution in [0.1, 0.15) is 118 Å². The second kappa shape index (κ2) is 18.9. The Bertz CT molecular complexity index is 1670. The highest BCUT2D eigenvalue weighted by Crippen LogP contribution is 2.37. The first-order valence-corrected chi connectivity index (χ1v) is 18.7. The van der Waals surface area contributed by atoms with Crippen molar-refractivity contribution in [3.05, 3.63) is 106 Å². The molecule has 0 aliphatic rings. The number of hydrogen-bond acceptors (Lipinski definition) is 6. The molecule has 0 radical (unpaired) electrons. The zero-order valence-electron chi connectivity index (χ0n) is 34.6. The van der Waals surface area contributed by atoms with E-state index < -0.39 is 0 Å². The maximum Gasteiger partial charge on any atom is 0.277 e. The van der Waals surface area contributed by atoms with Crippen molar-refractivity contribution < 1.29 is 19.1 Å². The fraction of sp³-hybridized carbons (Fsp3) is 0.435. The van der Waals surface area contributed by atoms with Crippen molar-refractivity contribution in [2.75, 3.05) is 13.2 Å². The van der Waals surface area contributed by atoms with Crippen molar-refractivity contribution in [3.63, 3.8) is 0 Å². The molecular weight excluding hydrogens is 673 g/mol. The lowest BCUT2D eigenvalue weighted by Crippen LogP contribution is -2.25. The number of allylic oxidation sites excluding steroid dienone is 2. The molecule has 3 aromatic carbocycles. The highest BCUT2D eigenvalue weighted by molar-refractivity contribution is 5.87. The van der Waals surface area contributed by atoms with Gasteiger partial charge in [0, 0.05) is 0 Å². The number of benzene rings is 3. The van der Waals surface area contributed by atoms with Crippen LogP contribution in [0, 0.1) is 10.8 Å². The van der Waals surface area contributed by atoms with Gasteiger partial charge in [-0.2, -0.15) is 10.2 Å². The second-order valence-electron chi connectivity index (χ2n) is 17.9. The molecule has 0 fully saturated rings. The molecule has 0 aliphatic carbocycles. The summed E-state index contributed by atoms with van der Waals surface area (Å²) in [5.41, 5.74) is 11.8. The highest BCUT2D eigenvalue weighted by Gasteiger charge is 2.28. The van der Waals surface area contributed by atoms with E-state index in [1.165, 1.54) is 11.1 Å². The molecule has 0 aliphatic heterocycles. The van der Waals surface area contributed by atoms with Crippen LogP contribution in [0.3, 0.4) is 0 Å². The molecule has 2 amide bonds. The Morgan fingerprint density at radius 1 is 0.537 bits per heavy atom. The molecule has 0 aromatic heterocycles. The van der Waals surface area contributed by atoms with Crippen molar-refractivity contribution in [1.29, 1.82) is 0 Å². The van der Waals surface area contributed by atoms with E-state index in [4.69, 9.17) is 9.47 Å². The van der Waals surface area contributed by atoms with Crippen molar-refractivity contribution in [2.45, 2.75) is 107 Å². The summed E-state index contributed by atoms with van der Waals surface area (Å²) < 4.78 is 11.3. The van der Waals surface area contributed by atoms with Gasteiger partial charge >= 0.3 is 0 Å². The number of hydrogen-bond donors (Lipinski definition) is 2. The minimum Gasteiger partial charge on any atom is -0.484 e. The lowest BCUT2D eigenvalue weighted by Gasteiger charge is -2.33. The molecule has 3 rings (SSSR count). The molecule has 8 heteroatoms. The summed E-state index contributed by atoms with van der Waals surface area (Å²) in [6.45, 7) is 26.1. The van der Waals surface area contributed by atoms with E-state index in [0.717, 1.165) is 35.1 Å². The van der Waals surface area contributed by atoms with E-state index in [9.17, 15) is 9.59 Å². The number of carbonyl (C=O) groups is 2. The first-order valence-electron chi connectivity index (χ1n) is 18.7. The van der Waals surface area contributed by atoms with E-state index in [1.54, 1.807) is 12.4 Å². The zero-order chi connectivity index (χ0) is 40.2. The Balaban J connectivity index is 1.40. The van der Waals surface area contributed by atoms with Crippen LogP contribution in [0.25, 0.3) is 12.2 Å². The van der Waals surface area contributed by atoms with Crippen LogP contribution in [-0.2, 0) is 20.4 Å². The third-order valence-corrected chi connectivity index (χ3v) is 8.60. The molecule has 0 atom stereocenters. The lowest BCUT2D eigenvalue weighted by molar-refractivity contribution is -0.123. The maximum absolute atomic E-state index is 12.3. The quantitative estimate of drug-likeness (QED) is 0.113. The number of nitrogens with zero attached hydrogens (tertiary/aromatic N) is 2. The van der Waals surface area contributed by atoms with Crippen LogP contribution in [0.15, 0.2) is 94.1 Å². The maximum atomic E-state index is 12.3. The van der Waals surface area contributed by atoms with Gasteiger partial charge in [0.25, 0.3) is 11.8 Å². The van der Waals surface area contributed by atoms with E-state index in [2.05, 4.69) is 115 Å². The van der Waals surface area contributed by atoms with Gasteiger partial charge in [0.1, 0.15) is 11.5 Å². The van der Waals surface area contributed by atoms with E-state index >= 15 is 0 Å². The number of nitrogens with one attached hydrogen (secondary N) is 2. The van der Waals surface area contributed by atoms with Crippen molar-refractivity contribution >= 4 is 36.4 Å². The molecular formula is C46H62N4O4. The Morgan fingerprint density at radius 3 is 1.15 bits per heavy atom. The number of carbonyl (C=O) groups excluding carboxylic acids is 2. The molecule has 0 spiro atoms. The second-order valence-corrected chi connectivity index (χ2v) is 17.9. The Hall–Kier alpha value is -4.98. The van der Waals surface area contributed by atoms with Gasteiger partial charge in [-0.1, -0.05) is 130 Å². The molecule has 0 heterocycles. The lowest BCUT2D eigenvalue weighted by atomic mass is 9.72. The van der Waals surface area contributed by atoms with E-state index in [-0.39, 0.29) is 46.7 Å². The van der Waals surface area contributed by atoms with Crippen molar-refractivity contribution in [2.24, 2.45) is 21.0 Å². The summed E-state index contributed by atoms with van der Waals surface area (Å²) in [5.74, 6) is 0.608. The Kier molecular flexibility index (Phi) is 15.2. The van der Waals surface area contributed by atoms with Gasteiger partial charge < -0.3 is 9.47 Å². The number of hydrazone groups is 2. The van der Waals surface area contributed by atoms with Gasteiger partial charge in [-0.15, -0.1) is 0 Å². The topological polar surface area (TPSA) is 101 Å². The van der Waals surface area contributed by atoms with Gasteiger partial charge in [0.15, 0.2) is 13.2 Å². The van der Waals surface area contributed by atoms with Crippen molar-refractivity contribution in [1.82, 2.24) is 10.9 Å². The highest BCUT2D eigenvalue weighted by atomic mass is 16.5. The summed E-state index contributed by atoms with van der Waals surface area (Å²) >= 11 is 0. The van der Waals surface area contributed by atoms with Crippen LogP contribution in [-0.4, -0.2) is 37.5 Å². The average Bonchev–Trinajstić information content (AvgIpc) is 3.05. The van der Waals surface area contributed by atoms with E-state index in [0.29, 0.717) is 11.5 Å². The van der Waals surface area contributed by atoms with Crippen LogP contribution < -0.4 is 20.3 Å². The normalized spacial score (nSPS) is 13.3. The van der Waals surface area contributed by atoms with Crippen molar-refractivity contribution in [3.8, 4) is 11.5 Å². The SMILES string of the molecule is CC(/C=N\NC(=O)COc1ccc(C(C)(C)CC(C)(C)C)cc1)=C/c1ccc(/C=C(C)/C=N/NC(=O)COc2ccc(C(C)(C)CC(C)(C)C)cc2)cc1. The molecule has 54 heavy (non-hydrogen) atoms. The minimum absolute atomic E-state index is 0.0410. The molecule has 3 aromatic rings. The van der Waals surface area contributed by atoms with Gasteiger partial charge in [-0.3, -0.25) is 9.59 Å². The zero-order valence-corrected chi connectivity index (χ0v) is 34.6. The summed E-state index contributed by atoms with van der Waals surface area (Å²) in [6.07, 6.45) is 9.25. The molecule has 290 valence electrons. The average molecular weight is 735 g/mol. The Morgan fingerprint density at radius 2 is 0.852 bits per heavy atom. The first kappa shape index (κ1) is 43.4. The molecule has 8 nitrogen and oxygen atoms in total. The monoisotopic (exact) mass is 734 g/mol. The largest absolute Gasteiger partial charge is 0.484 e.